The minimum Gasteiger partial charge on any atom is -0.266 e. The van der Waals surface area contributed by atoms with Gasteiger partial charge < -0.3 is 0 Å². The molecule has 1 aliphatic heterocycles. The van der Waals surface area contributed by atoms with Gasteiger partial charge in [-0.05, 0) is 31.1 Å². The number of hydrogen-bond acceptors (Lipinski definition) is 3. The van der Waals surface area contributed by atoms with Crippen molar-refractivity contribution in [2.45, 2.75) is 44.0 Å². The summed E-state index contributed by atoms with van der Waals surface area (Å²) in [5.41, 5.74) is 0.538. The first-order valence-corrected chi connectivity index (χ1v) is 9.02. The molecule has 7 heteroatoms. The lowest BCUT2D eigenvalue weighted by Gasteiger charge is -2.20. The van der Waals surface area contributed by atoms with Crippen molar-refractivity contribution in [1.82, 2.24) is 14.5 Å². The zero-order valence-electron chi connectivity index (χ0n) is 12.0. The molecule has 0 aromatic carbocycles. The summed E-state index contributed by atoms with van der Waals surface area (Å²) < 4.78 is 26.9. The van der Waals surface area contributed by atoms with Crippen LogP contribution in [0.15, 0.2) is 11.2 Å². The van der Waals surface area contributed by atoms with Crippen molar-refractivity contribution in [3.63, 3.8) is 0 Å². The first-order valence-electron chi connectivity index (χ1n) is 7.05. The van der Waals surface area contributed by atoms with E-state index in [2.05, 4.69) is 24.0 Å². The van der Waals surface area contributed by atoms with E-state index in [1.165, 1.54) is 6.20 Å². The van der Waals surface area contributed by atoms with Gasteiger partial charge in [0.05, 0.1) is 12.1 Å². The van der Waals surface area contributed by atoms with Crippen LogP contribution in [0.1, 0.15) is 38.7 Å². The van der Waals surface area contributed by atoms with Crippen molar-refractivity contribution < 1.29 is 8.42 Å². The summed E-state index contributed by atoms with van der Waals surface area (Å²) in [7, 11) is -3.50. The Morgan fingerprint density at radius 1 is 1.45 bits per heavy atom. The fraction of sp³-hybridized carbons (Fsp3) is 0.769. The lowest BCUT2D eigenvalue weighted by Crippen LogP contribution is -2.33. The number of hydrogen-bond donors (Lipinski definition) is 1. The molecule has 2 rings (SSSR count). The monoisotopic (exact) mass is 319 g/mol. The van der Waals surface area contributed by atoms with Crippen LogP contribution in [0.3, 0.4) is 0 Å². The fourth-order valence-electron chi connectivity index (χ4n) is 2.75. The fourth-order valence-corrected chi connectivity index (χ4v) is 4.63. The van der Waals surface area contributed by atoms with Crippen LogP contribution in [-0.2, 0) is 15.9 Å². The Labute approximate surface area is 125 Å². The summed E-state index contributed by atoms with van der Waals surface area (Å²) in [6, 6.07) is 0. The Hall–Kier alpha value is -0.590. The molecule has 1 fully saturated rings. The Balaban J connectivity index is 2.18. The van der Waals surface area contributed by atoms with Gasteiger partial charge in [0.2, 0.25) is 0 Å². The Kier molecular flexibility index (Phi) is 5.09. The van der Waals surface area contributed by atoms with Crippen LogP contribution in [0, 0.1) is 11.8 Å². The van der Waals surface area contributed by atoms with E-state index in [1.807, 2.05) is 0 Å². The Morgan fingerprint density at radius 3 is 2.85 bits per heavy atom. The van der Waals surface area contributed by atoms with E-state index in [0.29, 0.717) is 30.5 Å². The molecule has 1 saturated heterocycles. The normalized spacial score (nSPS) is 22.1. The maximum absolute atomic E-state index is 12.7. The average molecular weight is 320 g/mol. The van der Waals surface area contributed by atoms with Crippen LogP contribution >= 0.6 is 11.6 Å². The standard InChI is InChI=1S/C13H22ClN3O2S/c1-10(2)11-4-3-6-17(7-5-11)20(18,19)13-12(8-14)9-15-16-13/h9-11H,3-8H2,1-2H3,(H,15,16). The van der Waals surface area contributed by atoms with E-state index in [9.17, 15) is 8.42 Å². The van der Waals surface area contributed by atoms with Crippen molar-refractivity contribution in [2.24, 2.45) is 11.8 Å². The highest BCUT2D eigenvalue weighted by atomic mass is 35.5. The van der Waals surface area contributed by atoms with E-state index < -0.39 is 10.0 Å². The maximum Gasteiger partial charge on any atom is 0.260 e. The number of sulfonamides is 1. The molecule has 0 aliphatic carbocycles. The third-order valence-electron chi connectivity index (χ3n) is 4.09. The topological polar surface area (TPSA) is 66.1 Å². The number of aromatic amines is 1. The van der Waals surface area contributed by atoms with Crippen LogP contribution in [0.5, 0.6) is 0 Å². The summed E-state index contributed by atoms with van der Waals surface area (Å²) in [5.74, 6) is 1.35. The smallest absolute Gasteiger partial charge is 0.260 e. The van der Waals surface area contributed by atoms with E-state index in [0.717, 1.165) is 19.3 Å². The number of nitrogens with one attached hydrogen (secondary N) is 1. The summed E-state index contributed by atoms with van der Waals surface area (Å²) >= 11 is 5.77. The largest absolute Gasteiger partial charge is 0.266 e. The second-order valence-corrected chi connectivity index (χ2v) is 7.84. The molecule has 1 aromatic heterocycles. The quantitative estimate of drug-likeness (QED) is 0.867. The van der Waals surface area contributed by atoms with Crippen molar-refractivity contribution in [1.29, 1.82) is 0 Å². The van der Waals surface area contributed by atoms with Crippen LogP contribution in [0.2, 0.25) is 0 Å². The van der Waals surface area contributed by atoms with Crippen LogP contribution in [-0.4, -0.2) is 36.0 Å². The third-order valence-corrected chi connectivity index (χ3v) is 6.30. The summed E-state index contributed by atoms with van der Waals surface area (Å²) in [6.45, 7) is 5.56. The number of rotatable bonds is 4. The number of alkyl halides is 1. The molecule has 0 spiro atoms. The molecule has 1 aliphatic rings. The molecule has 0 radical (unpaired) electrons. The van der Waals surface area contributed by atoms with Gasteiger partial charge >= 0.3 is 0 Å². The molecule has 1 unspecified atom stereocenters. The SMILES string of the molecule is CC(C)C1CCCN(S(=O)(=O)c2[nH]ncc2CCl)CC1. The van der Waals surface area contributed by atoms with Crippen LogP contribution < -0.4 is 0 Å². The maximum atomic E-state index is 12.7. The van der Waals surface area contributed by atoms with Gasteiger partial charge in [-0.1, -0.05) is 13.8 Å². The molecule has 0 saturated carbocycles. The highest BCUT2D eigenvalue weighted by Crippen LogP contribution is 2.28. The molecule has 0 bridgehead atoms. The summed E-state index contributed by atoms with van der Waals surface area (Å²) in [6.07, 6.45) is 4.40. The Morgan fingerprint density at radius 2 is 2.20 bits per heavy atom. The average Bonchev–Trinajstić information content (AvgIpc) is 2.74. The van der Waals surface area contributed by atoms with E-state index in [-0.39, 0.29) is 10.9 Å². The van der Waals surface area contributed by atoms with Crippen molar-refractivity contribution >= 4 is 21.6 Å². The molecule has 1 aromatic rings. The van der Waals surface area contributed by atoms with Crippen LogP contribution in [0.4, 0.5) is 0 Å². The molecule has 1 atom stereocenters. The highest BCUT2D eigenvalue weighted by Gasteiger charge is 2.31. The summed E-state index contributed by atoms with van der Waals surface area (Å²) in [5, 5.41) is 6.54. The van der Waals surface area contributed by atoms with Crippen molar-refractivity contribution in [3.05, 3.63) is 11.8 Å². The molecular weight excluding hydrogens is 298 g/mol. The predicted octanol–water partition coefficient (Wildman–Crippen LogP) is 2.60. The van der Waals surface area contributed by atoms with Gasteiger partial charge in [0.25, 0.3) is 10.0 Å². The van der Waals surface area contributed by atoms with Gasteiger partial charge in [0.1, 0.15) is 0 Å². The molecule has 1 N–H and O–H groups in total. The van der Waals surface area contributed by atoms with Crippen LogP contribution in [0.25, 0.3) is 0 Å². The van der Waals surface area contributed by atoms with E-state index in [4.69, 9.17) is 11.6 Å². The second-order valence-electron chi connectivity index (χ2n) is 5.70. The predicted molar refractivity (Wildman–Crippen MR) is 79.1 cm³/mol. The van der Waals surface area contributed by atoms with Gasteiger partial charge in [-0.15, -0.1) is 11.6 Å². The summed E-state index contributed by atoms with van der Waals surface area (Å²) in [4.78, 5) is 0. The van der Waals surface area contributed by atoms with E-state index in [1.54, 1.807) is 4.31 Å². The second kappa shape index (κ2) is 6.45. The van der Waals surface area contributed by atoms with Gasteiger partial charge in [-0.3, -0.25) is 5.10 Å². The lowest BCUT2D eigenvalue weighted by atomic mass is 9.89. The number of aromatic nitrogens is 2. The molecule has 20 heavy (non-hydrogen) atoms. The zero-order valence-corrected chi connectivity index (χ0v) is 13.5. The minimum absolute atomic E-state index is 0.146. The number of halogens is 1. The molecule has 0 amide bonds. The van der Waals surface area contributed by atoms with Gasteiger partial charge in [-0.25, -0.2) is 8.42 Å². The molecule has 114 valence electrons. The molecule has 5 nitrogen and oxygen atoms in total. The molecule has 2 heterocycles. The first kappa shape index (κ1) is 15.8. The first-order chi connectivity index (χ1) is 9.46. The lowest BCUT2D eigenvalue weighted by molar-refractivity contribution is 0.340. The minimum atomic E-state index is -3.50. The van der Waals surface area contributed by atoms with Gasteiger partial charge in [0, 0.05) is 18.7 Å². The Bertz CT molecular complexity index is 542. The molecular formula is C13H22ClN3O2S. The number of nitrogens with zero attached hydrogens (tertiary/aromatic N) is 2. The van der Waals surface area contributed by atoms with Crippen molar-refractivity contribution in [3.8, 4) is 0 Å². The van der Waals surface area contributed by atoms with E-state index >= 15 is 0 Å². The zero-order chi connectivity index (χ0) is 14.8. The van der Waals surface area contributed by atoms with Gasteiger partial charge in [0.15, 0.2) is 5.03 Å². The number of H-pyrrole nitrogens is 1. The third kappa shape index (κ3) is 3.18. The van der Waals surface area contributed by atoms with Gasteiger partial charge in [-0.2, -0.15) is 9.40 Å². The van der Waals surface area contributed by atoms with Crippen molar-refractivity contribution in [2.75, 3.05) is 13.1 Å². The highest BCUT2D eigenvalue weighted by molar-refractivity contribution is 7.89.